The number of anilines is 2. The van der Waals surface area contributed by atoms with Crippen LogP contribution in [-0.2, 0) is 17.0 Å². The summed E-state index contributed by atoms with van der Waals surface area (Å²) in [6.45, 7) is 4.02. The number of allylic oxidation sites excluding steroid dienone is 1. The molecule has 1 aliphatic heterocycles. The molecule has 7 nitrogen and oxygen atoms in total. The number of hydrogen-bond acceptors (Lipinski definition) is 6. The zero-order valence-electron chi connectivity index (χ0n) is 21.4. The zero-order valence-corrected chi connectivity index (χ0v) is 22.9. The molecule has 2 N–H and O–H groups in total. The summed E-state index contributed by atoms with van der Waals surface area (Å²) in [5.74, 6) is 1.79. The number of halogens is 1. The SMILES string of the molecule is CCc1ccc([C@H]2C(C(=O)Nc3ccc(OC)cc3)=C(C)Nc3nc(SCc4cccc(Cl)c4)nn32)cc1. The van der Waals surface area contributed by atoms with Crippen LogP contribution in [0.25, 0.3) is 0 Å². The van der Waals surface area contributed by atoms with E-state index < -0.39 is 6.04 Å². The van der Waals surface area contributed by atoms with Crippen molar-refractivity contribution in [3.8, 4) is 5.75 Å². The van der Waals surface area contributed by atoms with Crippen molar-refractivity contribution in [1.29, 1.82) is 0 Å². The average Bonchev–Trinajstić information content (AvgIpc) is 3.34. The minimum Gasteiger partial charge on any atom is -0.497 e. The molecular weight excluding hydrogens is 518 g/mol. The number of thioether (sulfide) groups is 1. The van der Waals surface area contributed by atoms with Crippen LogP contribution < -0.4 is 15.4 Å². The second kappa shape index (κ2) is 11.3. The second-order valence-electron chi connectivity index (χ2n) is 8.93. The number of methoxy groups -OCH3 is 1. The van der Waals surface area contributed by atoms with Gasteiger partial charge in [0, 0.05) is 22.2 Å². The molecule has 194 valence electrons. The summed E-state index contributed by atoms with van der Waals surface area (Å²) in [6.07, 6.45) is 0.936. The molecule has 3 aromatic carbocycles. The van der Waals surface area contributed by atoms with Crippen LogP contribution in [0.3, 0.4) is 0 Å². The lowest BCUT2D eigenvalue weighted by atomic mass is 9.94. The Morgan fingerprint density at radius 2 is 1.87 bits per heavy atom. The van der Waals surface area contributed by atoms with Crippen molar-refractivity contribution in [3.05, 3.63) is 106 Å². The number of benzene rings is 3. The van der Waals surface area contributed by atoms with Crippen LogP contribution in [0.15, 0.2) is 89.2 Å². The van der Waals surface area contributed by atoms with Gasteiger partial charge < -0.3 is 15.4 Å². The highest BCUT2D eigenvalue weighted by molar-refractivity contribution is 7.98. The molecule has 0 bridgehead atoms. The number of rotatable bonds is 8. The Balaban J connectivity index is 1.47. The smallest absolute Gasteiger partial charge is 0.255 e. The molecular formula is C29H28ClN5O2S. The number of hydrogen-bond donors (Lipinski definition) is 2. The van der Waals surface area contributed by atoms with E-state index in [-0.39, 0.29) is 5.91 Å². The van der Waals surface area contributed by atoms with E-state index in [1.807, 2.05) is 55.5 Å². The maximum absolute atomic E-state index is 13.7. The molecule has 0 aliphatic carbocycles. The first kappa shape index (κ1) is 25.9. The third-order valence-corrected chi connectivity index (χ3v) is 7.53. The van der Waals surface area contributed by atoms with Crippen molar-refractivity contribution in [2.24, 2.45) is 0 Å². The van der Waals surface area contributed by atoms with Gasteiger partial charge in [0.15, 0.2) is 0 Å². The summed E-state index contributed by atoms with van der Waals surface area (Å²) in [5, 5.41) is 12.5. The minimum absolute atomic E-state index is 0.209. The van der Waals surface area contributed by atoms with Crippen LogP contribution in [0.4, 0.5) is 11.6 Å². The fraction of sp³-hybridized carbons (Fsp3) is 0.207. The fourth-order valence-electron chi connectivity index (χ4n) is 4.38. The number of ether oxygens (including phenoxy) is 1. The molecule has 9 heteroatoms. The Bertz CT molecular complexity index is 1480. The van der Waals surface area contributed by atoms with E-state index >= 15 is 0 Å². The number of fused-ring (bicyclic) bond motifs is 1. The van der Waals surface area contributed by atoms with Gasteiger partial charge in [0.1, 0.15) is 11.8 Å². The van der Waals surface area contributed by atoms with E-state index in [9.17, 15) is 4.79 Å². The number of carbonyl (C=O) groups is 1. The van der Waals surface area contributed by atoms with Crippen molar-refractivity contribution in [2.45, 2.75) is 37.2 Å². The summed E-state index contributed by atoms with van der Waals surface area (Å²) in [7, 11) is 1.61. The maximum Gasteiger partial charge on any atom is 0.255 e. The van der Waals surface area contributed by atoms with Gasteiger partial charge in [-0.2, -0.15) is 4.98 Å². The Kier molecular flexibility index (Phi) is 7.72. The topological polar surface area (TPSA) is 81.1 Å². The molecule has 1 aliphatic rings. The summed E-state index contributed by atoms with van der Waals surface area (Å²) < 4.78 is 7.04. The number of nitrogens with one attached hydrogen (secondary N) is 2. The van der Waals surface area contributed by atoms with Crippen molar-refractivity contribution in [3.63, 3.8) is 0 Å². The van der Waals surface area contributed by atoms with Gasteiger partial charge in [-0.3, -0.25) is 4.79 Å². The highest BCUT2D eigenvalue weighted by Crippen LogP contribution is 2.37. The van der Waals surface area contributed by atoms with Crippen molar-refractivity contribution in [2.75, 3.05) is 17.7 Å². The lowest BCUT2D eigenvalue weighted by Crippen LogP contribution is -2.31. The first-order valence-corrected chi connectivity index (χ1v) is 13.7. The minimum atomic E-state index is -0.441. The van der Waals surface area contributed by atoms with Crippen LogP contribution in [0.1, 0.15) is 36.6 Å². The van der Waals surface area contributed by atoms with E-state index in [4.69, 9.17) is 26.4 Å². The molecule has 0 radical (unpaired) electrons. The summed E-state index contributed by atoms with van der Waals surface area (Å²) >= 11 is 7.67. The van der Waals surface area contributed by atoms with E-state index in [0.717, 1.165) is 29.0 Å². The number of carbonyl (C=O) groups excluding carboxylic acids is 1. The van der Waals surface area contributed by atoms with E-state index in [1.54, 1.807) is 11.8 Å². The van der Waals surface area contributed by atoms with E-state index in [0.29, 0.717) is 33.1 Å². The standard InChI is InChI=1S/C29H28ClN5O2S/c1-4-19-8-10-21(11-9-19)26-25(27(36)32-23-12-14-24(37-3)15-13-23)18(2)31-28-33-29(34-35(26)28)38-17-20-6-5-7-22(30)16-20/h5-16,26H,4,17H2,1-3H3,(H,32,36)(H,31,33,34)/t26-/m0/s1. The lowest BCUT2D eigenvalue weighted by molar-refractivity contribution is -0.113. The van der Waals surface area contributed by atoms with Gasteiger partial charge in [0.05, 0.1) is 12.7 Å². The van der Waals surface area contributed by atoms with Gasteiger partial charge in [-0.25, -0.2) is 4.68 Å². The van der Waals surface area contributed by atoms with Crippen molar-refractivity contribution >= 4 is 40.9 Å². The van der Waals surface area contributed by atoms with Gasteiger partial charge in [-0.15, -0.1) is 5.10 Å². The molecule has 0 fully saturated rings. The Morgan fingerprint density at radius 1 is 1.11 bits per heavy atom. The van der Waals surface area contributed by atoms with Crippen LogP contribution in [0, 0.1) is 0 Å². The molecule has 4 aromatic rings. The zero-order chi connectivity index (χ0) is 26.6. The largest absolute Gasteiger partial charge is 0.497 e. The predicted molar refractivity (Wildman–Crippen MR) is 153 cm³/mol. The lowest BCUT2D eigenvalue weighted by Gasteiger charge is -2.28. The van der Waals surface area contributed by atoms with Crippen molar-refractivity contribution in [1.82, 2.24) is 14.8 Å². The molecule has 38 heavy (non-hydrogen) atoms. The first-order valence-electron chi connectivity index (χ1n) is 12.3. The highest BCUT2D eigenvalue weighted by atomic mass is 35.5. The molecule has 5 rings (SSSR count). The molecule has 1 amide bonds. The van der Waals surface area contributed by atoms with Crippen LogP contribution in [0.5, 0.6) is 5.75 Å². The van der Waals surface area contributed by atoms with Gasteiger partial charge in [0.25, 0.3) is 5.91 Å². The van der Waals surface area contributed by atoms with Crippen LogP contribution >= 0.6 is 23.4 Å². The number of nitrogens with zero attached hydrogens (tertiary/aromatic N) is 3. The third-order valence-electron chi connectivity index (χ3n) is 6.39. The van der Waals surface area contributed by atoms with Gasteiger partial charge >= 0.3 is 0 Å². The summed E-state index contributed by atoms with van der Waals surface area (Å²) in [4.78, 5) is 18.4. The quantitative estimate of drug-likeness (QED) is 0.239. The highest BCUT2D eigenvalue weighted by Gasteiger charge is 2.34. The fourth-order valence-corrected chi connectivity index (χ4v) is 5.36. The van der Waals surface area contributed by atoms with E-state index in [1.165, 1.54) is 17.3 Å². The van der Waals surface area contributed by atoms with Gasteiger partial charge in [-0.1, -0.05) is 66.7 Å². The molecule has 0 unspecified atom stereocenters. The molecule has 2 heterocycles. The van der Waals surface area contributed by atoms with Gasteiger partial charge in [-0.05, 0) is 66.4 Å². The van der Waals surface area contributed by atoms with Gasteiger partial charge in [0.2, 0.25) is 11.1 Å². The summed E-state index contributed by atoms with van der Waals surface area (Å²) in [5.41, 5.74) is 5.26. The number of amides is 1. The second-order valence-corrected chi connectivity index (χ2v) is 10.3. The van der Waals surface area contributed by atoms with Crippen LogP contribution in [-0.4, -0.2) is 27.8 Å². The monoisotopic (exact) mass is 545 g/mol. The molecule has 1 aromatic heterocycles. The Hall–Kier alpha value is -3.75. The maximum atomic E-state index is 13.7. The third kappa shape index (κ3) is 5.56. The predicted octanol–water partition coefficient (Wildman–Crippen LogP) is 6.72. The van der Waals surface area contributed by atoms with Crippen molar-refractivity contribution < 1.29 is 9.53 Å². The number of aryl methyl sites for hydroxylation is 1. The van der Waals surface area contributed by atoms with E-state index in [2.05, 4.69) is 41.8 Å². The van der Waals surface area contributed by atoms with Crippen LogP contribution in [0.2, 0.25) is 5.02 Å². The number of aromatic nitrogens is 3. The molecule has 1 atom stereocenters. The Morgan fingerprint density at radius 3 is 2.55 bits per heavy atom. The average molecular weight is 546 g/mol. The first-order chi connectivity index (χ1) is 18.4. The normalized spacial score (nSPS) is 14.6. The summed E-state index contributed by atoms with van der Waals surface area (Å²) in [6, 6.07) is 22.9. The molecule has 0 spiro atoms. The Labute approximate surface area is 231 Å². The molecule has 0 saturated carbocycles. The molecule has 0 saturated heterocycles.